The topological polar surface area (TPSA) is 179 Å². The van der Waals surface area contributed by atoms with Gasteiger partial charge in [0.25, 0.3) is 11.8 Å². The molecule has 52 heavy (non-hydrogen) atoms. The Balaban J connectivity index is 1.14. The maximum atomic E-state index is 13.4. The second-order valence-electron chi connectivity index (χ2n) is 12.4. The fourth-order valence-corrected chi connectivity index (χ4v) is 6.15. The highest BCUT2D eigenvalue weighted by molar-refractivity contribution is 6.05. The van der Waals surface area contributed by atoms with Crippen molar-refractivity contribution < 1.29 is 38.1 Å². The number of amides is 2. The van der Waals surface area contributed by atoms with Crippen LogP contribution in [0, 0.1) is 13.8 Å². The van der Waals surface area contributed by atoms with Gasteiger partial charge in [-0.3, -0.25) is 39.8 Å². The molecule has 2 aliphatic heterocycles. The molecule has 4 heterocycles. The van der Waals surface area contributed by atoms with Crippen molar-refractivity contribution in [1.82, 2.24) is 20.6 Å². The number of esters is 2. The van der Waals surface area contributed by atoms with E-state index in [0.29, 0.717) is 73.1 Å². The first-order valence-corrected chi connectivity index (χ1v) is 16.8. The quantitative estimate of drug-likeness (QED) is 0.147. The highest BCUT2D eigenvalue weighted by atomic mass is 16.5. The average molecular weight is 709 g/mol. The molecule has 2 amide bonds. The first kappa shape index (κ1) is 35.9. The maximum Gasteiger partial charge on any atom is 0.323 e. The Morgan fingerprint density at radius 1 is 0.712 bits per heavy atom. The van der Waals surface area contributed by atoms with Crippen molar-refractivity contribution in [2.45, 2.75) is 51.9 Å². The SMILES string of the molecule is COc1cc(C(=O)Nc2cccc(-c3cccc(NC(=O)c4cc(OC)c(CN[C@@H]5CCOC5=O)cn4)c3C)c2C)ncc1CN[C@@H]1CCOC1=O. The Hall–Kier alpha value is -5.86. The van der Waals surface area contributed by atoms with E-state index in [1.54, 1.807) is 24.5 Å². The summed E-state index contributed by atoms with van der Waals surface area (Å²) in [7, 11) is 3.02. The molecule has 0 radical (unpaired) electrons. The van der Waals surface area contributed by atoms with Gasteiger partial charge in [-0.1, -0.05) is 24.3 Å². The lowest BCUT2D eigenvalue weighted by molar-refractivity contribution is -0.140. The lowest BCUT2D eigenvalue weighted by Gasteiger charge is -2.17. The van der Waals surface area contributed by atoms with Gasteiger partial charge in [0.2, 0.25) is 0 Å². The van der Waals surface area contributed by atoms with Crippen LogP contribution in [-0.2, 0) is 32.2 Å². The first-order chi connectivity index (χ1) is 25.2. The van der Waals surface area contributed by atoms with Crippen LogP contribution < -0.4 is 30.7 Å². The Bertz CT molecular complexity index is 1870. The van der Waals surface area contributed by atoms with Crippen molar-refractivity contribution >= 4 is 35.1 Å². The number of aromatic nitrogens is 2. The number of hydrogen-bond acceptors (Lipinski definition) is 12. The van der Waals surface area contributed by atoms with Crippen molar-refractivity contribution in [1.29, 1.82) is 0 Å². The van der Waals surface area contributed by atoms with E-state index >= 15 is 0 Å². The number of cyclic esters (lactones) is 2. The van der Waals surface area contributed by atoms with Gasteiger partial charge in [0, 0.05) is 73.0 Å². The van der Waals surface area contributed by atoms with Gasteiger partial charge < -0.3 is 29.6 Å². The van der Waals surface area contributed by atoms with E-state index in [1.807, 2.05) is 50.2 Å². The molecule has 270 valence electrons. The molecule has 0 aliphatic carbocycles. The first-order valence-electron chi connectivity index (χ1n) is 16.8. The number of carbonyl (C=O) groups excluding carboxylic acids is 4. The second kappa shape index (κ2) is 16.0. The normalized spacial score (nSPS) is 16.6. The van der Waals surface area contributed by atoms with Crippen LogP contribution >= 0.6 is 0 Å². The van der Waals surface area contributed by atoms with Gasteiger partial charge in [-0.2, -0.15) is 0 Å². The van der Waals surface area contributed by atoms with Gasteiger partial charge in [0.05, 0.1) is 27.4 Å². The van der Waals surface area contributed by atoms with Crippen LogP contribution in [-0.4, -0.2) is 73.2 Å². The number of pyridine rings is 2. The summed E-state index contributed by atoms with van der Waals surface area (Å²) in [6.45, 7) is 5.25. The molecular formula is C38H40N6O8. The fraction of sp³-hybridized carbons (Fsp3) is 0.316. The molecule has 2 fully saturated rings. The molecule has 0 bridgehead atoms. The molecule has 0 saturated carbocycles. The second-order valence-corrected chi connectivity index (χ2v) is 12.4. The summed E-state index contributed by atoms with van der Waals surface area (Å²) in [5, 5.41) is 12.2. The maximum absolute atomic E-state index is 13.4. The van der Waals surface area contributed by atoms with E-state index < -0.39 is 11.8 Å². The minimum absolute atomic E-state index is 0.166. The van der Waals surface area contributed by atoms with E-state index in [4.69, 9.17) is 18.9 Å². The van der Waals surface area contributed by atoms with Crippen LogP contribution in [0.5, 0.6) is 11.5 Å². The number of rotatable bonds is 13. The number of benzene rings is 2. The number of carbonyl (C=O) groups is 4. The smallest absolute Gasteiger partial charge is 0.323 e. The van der Waals surface area contributed by atoms with Gasteiger partial charge in [0.15, 0.2) is 0 Å². The molecule has 2 aromatic carbocycles. The van der Waals surface area contributed by atoms with Crippen molar-refractivity contribution in [2.75, 3.05) is 38.1 Å². The van der Waals surface area contributed by atoms with E-state index in [1.165, 1.54) is 14.2 Å². The number of nitrogens with one attached hydrogen (secondary N) is 4. The molecule has 0 unspecified atom stereocenters. The summed E-state index contributed by atoms with van der Waals surface area (Å²) in [6.07, 6.45) is 4.30. The third-order valence-corrected chi connectivity index (χ3v) is 9.20. The van der Waals surface area contributed by atoms with Gasteiger partial charge >= 0.3 is 11.9 Å². The molecule has 14 heteroatoms. The van der Waals surface area contributed by atoms with Crippen LogP contribution in [0.3, 0.4) is 0 Å². The lowest BCUT2D eigenvalue weighted by atomic mass is 9.94. The fourth-order valence-electron chi connectivity index (χ4n) is 6.15. The minimum atomic E-state index is -0.416. The summed E-state index contributed by atoms with van der Waals surface area (Å²) in [5.74, 6) is -0.469. The number of nitrogens with zero attached hydrogens (tertiary/aromatic N) is 2. The van der Waals surface area contributed by atoms with Crippen molar-refractivity contribution in [3.63, 3.8) is 0 Å². The predicted molar refractivity (Wildman–Crippen MR) is 191 cm³/mol. The summed E-state index contributed by atoms with van der Waals surface area (Å²) in [6, 6.07) is 13.6. The molecule has 2 atom stereocenters. The van der Waals surface area contributed by atoms with Gasteiger partial charge in [0.1, 0.15) is 35.0 Å². The van der Waals surface area contributed by atoms with E-state index in [2.05, 4.69) is 31.2 Å². The largest absolute Gasteiger partial charge is 0.496 e. The van der Waals surface area contributed by atoms with Crippen molar-refractivity contribution in [3.8, 4) is 22.6 Å². The van der Waals surface area contributed by atoms with Gasteiger partial charge in [-0.05, 0) is 48.2 Å². The lowest BCUT2D eigenvalue weighted by Crippen LogP contribution is -2.32. The average Bonchev–Trinajstić information content (AvgIpc) is 3.77. The van der Waals surface area contributed by atoms with E-state index in [9.17, 15) is 19.2 Å². The monoisotopic (exact) mass is 708 g/mol. The molecule has 2 aliphatic rings. The zero-order valence-electron chi connectivity index (χ0n) is 29.3. The molecular weight excluding hydrogens is 668 g/mol. The number of hydrogen-bond donors (Lipinski definition) is 4. The highest BCUT2D eigenvalue weighted by Gasteiger charge is 2.27. The number of methoxy groups -OCH3 is 2. The zero-order chi connectivity index (χ0) is 36.8. The Morgan fingerprint density at radius 2 is 1.13 bits per heavy atom. The third-order valence-electron chi connectivity index (χ3n) is 9.20. The molecule has 0 spiro atoms. The summed E-state index contributed by atoms with van der Waals surface area (Å²) in [5.41, 5.74) is 6.30. The Morgan fingerprint density at radius 3 is 1.50 bits per heavy atom. The van der Waals surface area contributed by atoms with E-state index in [0.717, 1.165) is 22.3 Å². The van der Waals surface area contributed by atoms with E-state index in [-0.39, 0.29) is 35.4 Å². The predicted octanol–water partition coefficient (Wildman–Crippen LogP) is 4.09. The highest BCUT2D eigenvalue weighted by Crippen LogP contribution is 2.34. The third kappa shape index (κ3) is 7.87. The number of anilines is 2. The number of ether oxygens (including phenoxy) is 4. The van der Waals surface area contributed by atoms with Crippen LogP contribution in [0.2, 0.25) is 0 Å². The summed E-state index contributed by atoms with van der Waals surface area (Å²) < 4.78 is 21.1. The zero-order valence-corrected chi connectivity index (χ0v) is 29.3. The molecule has 2 saturated heterocycles. The molecule has 4 N–H and O–H groups in total. The van der Waals surface area contributed by atoms with Gasteiger partial charge in [-0.15, -0.1) is 0 Å². The molecule has 14 nitrogen and oxygen atoms in total. The summed E-state index contributed by atoms with van der Waals surface area (Å²) in [4.78, 5) is 59.1. The molecule has 4 aromatic rings. The van der Waals surface area contributed by atoms with Crippen LogP contribution in [0.15, 0.2) is 60.9 Å². The van der Waals surface area contributed by atoms with Crippen LogP contribution in [0.4, 0.5) is 11.4 Å². The summed E-state index contributed by atoms with van der Waals surface area (Å²) >= 11 is 0. The van der Waals surface area contributed by atoms with Crippen molar-refractivity contribution in [2.24, 2.45) is 0 Å². The Kier molecular flexibility index (Phi) is 11.1. The standard InChI is InChI=1S/C38H40N6O8/c1-21-25(7-5-9-27(21)43-35(45)31-15-33(49-3)23(19-41-31)17-39-29-11-13-51-37(29)47)26-8-6-10-28(22(26)2)44-36(46)32-16-34(50-4)24(20-42-32)18-40-30-12-14-52-38(30)48/h5-10,15-16,19-20,29-30,39-40H,11-14,17-18H2,1-4H3,(H,43,45)(H,44,46)/t29-,30-/m1/s1. The van der Waals surface area contributed by atoms with Crippen LogP contribution in [0.25, 0.3) is 11.1 Å². The van der Waals surface area contributed by atoms with Crippen LogP contribution in [0.1, 0.15) is 56.1 Å². The molecule has 2 aromatic heterocycles. The molecule has 6 rings (SSSR count). The van der Waals surface area contributed by atoms with Crippen molar-refractivity contribution in [3.05, 3.63) is 94.6 Å². The Labute approximate surface area is 300 Å². The van der Waals surface area contributed by atoms with Gasteiger partial charge in [-0.25, -0.2) is 0 Å². The minimum Gasteiger partial charge on any atom is -0.496 e.